The standard InChI is InChI=1S/C23H24F3N5O2/c1-29-22(33)31(17-7-3-2-4-8-17)21(28-29)16-11-13-30(14-12-16)15-20(32)27-19-10-6-5-9-18(19)23(24,25)26/h2-10,16H,11-15H2,1H3,(H,27,32). The summed E-state index contributed by atoms with van der Waals surface area (Å²) >= 11 is 0. The average molecular weight is 459 g/mol. The summed E-state index contributed by atoms with van der Waals surface area (Å²) in [5.74, 6) is 0.213. The minimum atomic E-state index is -4.54. The average Bonchev–Trinajstić information content (AvgIpc) is 3.09. The number of anilines is 1. The van der Waals surface area contributed by atoms with Gasteiger partial charge < -0.3 is 5.32 Å². The van der Waals surface area contributed by atoms with Gasteiger partial charge in [-0.1, -0.05) is 30.3 Å². The van der Waals surface area contributed by atoms with Crippen molar-refractivity contribution in [1.29, 1.82) is 0 Å². The number of benzene rings is 2. The maximum atomic E-state index is 13.2. The number of hydrogen-bond donors (Lipinski definition) is 1. The second-order valence-electron chi connectivity index (χ2n) is 8.08. The first-order valence-corrected chi connectivity index (χ1v) is 10.6. The molecule has 10 heteroatoms. The molecular weight excluding hydrogens is 435 g/mol. The second-order valence-corrected chi connectivity index (χ2v) is 8.08. The highest BCUT2D eigenvalue weighted by molar-refractivity contribution is 5.93. The molecule has 0 saturated carbocycles. The van der Waals surface area contributed by atoms with E-state index in [1.54, 1.807) is 11.6 Å². The van der Waals surface area contributed by atoms with Gasteiger partial charge in [-0.05, 0) is 50.2 Å². The summed E-state index contributed by atoms with van der Waals surface area (Å²) in [6.45, 7) is 1.13. The van der Waals surface area contributed by atoms with Crippen LogP contribution >= 0.6 is 0 Å². The van der Waals surface area contributed by atoms with E-state index in [4.69, 9.17) is 0 Å². The maximum absolute atomic E-state index is 13.2. The van der Waals surface area contributed by atoms with Crippen molar-refractivity contribution in [3.05, 3.63) is 76.5 Å². The van der Waals surface area contributed by atoms with Crippen LogP contribution in [-0.4, -0.2) is 44.8 Å². The molecule has 3 aromatic rings. The van der Waals surface area contributed by atoms with E-state index >= 15 is 0 Å². The van der Waals surface area contributed by atoms with Gasteiger partial charge in [0.1, 0.15) is 5.82 Å². The number of aromatic nitrogens is 3. The molecule has 0 unspecified atom stereocenters. The number of para-hydroxylation sites is 2. The van der Waals surface area contributed by atoms with Crippen molar-refractivity contribution in [3.63, 3.8) is 0 Å². The molecule has 0 radical (unpaired) electrons. The molecule has 1 saturated heterocycles. The largest absolute Gasteiger partial charge is 0.418 e. The molecule has 0 aliphatic carbocycles. The van der Waals surface area contributed by atoms with E-state index in [9.17, 15) is 22.8 Å². The Labute approximate surface area is 188 Å². The van der Waals surface area contributed by atoms with Gasteiger partial charge in [0.05, 0.1) is 23.5 Å². The number of likely N-dealkylation sites (tertiary alicyclic amines) is 1. The Balaban J connectivity index is 1.40. The monoisotopic (exact) mass is 459 g/mol. The lowest BCUT2D eigenvalue weighted by atomic mass is 9.95. The first-order valence-electron chi connectivity index (χ1n) is 10.6. The first kappa shape index (κ1) is 22.8. The number of aryl methyl sites for hydroxylation is 1. The van der Waals surface area contributed by atoms with Gasteiger partial charge >= 0.3 is 11.9 Å². The normalized spacial score (nSPS) is 15.5. The van der Waals surface area contributed by atoms with Gasteiger partial charge in [-0.15, -0.1) is 0 Å². The lowest BCUT2D eigenvalue weighted by molar-refractivity contribution is -0.137. The second kappa shape index (κ2) is 9.22. The van der Waals surface area contributed by atoms with Gasteiger partial charge in [-0.2, -0.15) is 18.3 Å². The summed E-state index contributed by atoms with van der Waals surface area (Å²) in [7, 11) is 1.61. The molecule has 0 atom stereocenters. The summed E-state index contributed by atoms with van der Waals surface area (Å²) in [6, 6.07) is 14.2. The number of amides is 1. The number of alkyl halides is 3. The van der Waals surface area contributed by atoms with Crippen LogP contribution in [0.3, 0.4) is 0 Å². The zero-order chi connectivity index (χ0) is 23.6. The molecule has 2 heterocycles. The van der Waals surface area contributed by atoms with E-state index in [1.807, 2.05) is 35.2 Å². The van der Waals surface area contributed by atoms with Crippen LogP contribution in [0.1, 0.15) is 30.1 Å². The highest BCUT2D eigenvalue weighted by atomic mass is 19.4. The van der Waals surface area contributed by atoms with Gasteiger partial charge in [0.25, 0.3) is 0 Å². The Morgan fingerprint density at radius 2 is 1.70 bits per heavy atom. The van der Waals surface area contributed by atoms with E-state index in [0.717, 1.165) is 11.8 Å². The van der Waals surface area contributed by atoms with E-state index in [1.165, 1.54) is 22.9 Å². The minimum Gasteiger partial charge on any atom is -0.324 e. The van der Waals surface area contributed by atoms with Crippen LogP contribution in [0, 0.1) is 0 Å². The van der Waals surface area contributed by atoms with Crippen LogP contribution < -0.4 is 11.0 Å². The first-order chi connectivity index (χ1) is 15.7. The van der Waals surface area contributed by atoms with Crippen LogP contribution in [0.5, 0.6) is 0 Å². The molecule has 1 aliphatic rings. The zero-order valence-corrected chi connectivity index (χ0v) is 18.0. The molecule has 0 bridgehead atoms. The molecule has 1 aromatic heterocycles. The fourth-order valence-corrected chi connectivity index (χ4v) is 4.15. The fourth-order valence-electron chi connectivity index (χ4n) is 4.15. The number of carbonyl (C=O) groups excluding carboxylic acids is 1. The van der Waals surface area contributed by atoms with Crippen molar-refractivity contribution >= 4 is 11.6 Å². The number of rotatable bonds is 5. The SMILES string of the molecule is Cn1nc(C2CCN(CC(=O)Nc3ccccc3C(F)(F)F)CC2)n(-c2ccccc2)c1=O. The molecule has 1 fully saturated rings. The highest BCUT2D eigenvalue weighted by Gasteiger charge is 2.34. The third-order valence-corrected chi connectivity index (χ3v) is 5.79. The van der Waals surface area contributed by atoms with Crippen molar-refractivity contribution in [2.75, 3.05) is 25.0 Å². The molecule has 4 rings (SSSR count). The summed E-state index contributed by atoms with van der Waals surface area (Å²) in [5, 5.41) is 6.83. The van der Waals surface area contributed by atoms with Crippen LogP contribution in [0.25, 0.3) is 5.69 Å². The van der Waals surface area contributed by atoms with Gasteiger partial charge in [0, 0.05) is 13.0 Å². The van der Waals surface area contributed by atoms with Crippen LogP contribution in [0.2, 0.25) is 0 Å². The fraction of sp³-hybridized carbons (Fsp3) is 0.348. The van der Waals surface area contributed by atoms with Gasteiger partial charge in [0.15, 0.2) is 0 Å². The lowest BCUT2D eigenvalue weighted by Crippen LogP contribution is -2.39. The molecule has 1 N–H and O–H groups in total. The van der Waals surface area contributed by atoms with Crippen LogP contribution in [-0.2, 0) is 18.0 Å². The highest BCUT2D eigenvalue weighted by Crippen LogP contribution is 2.34. The molecule has 0 spiro atoms. The minimum absolute atomic E-state index is 0.00732. The number of piperidine rings is 1. The Morgan fingerprint density at radius 1 is 1.06 bits per heavy atom. The zero-order valence-electron chi connectivity index (χ0n) is 18.0. The molecule has 2 aromatic carbocycles. The number of halogens is 3. The Morgan fingerprint density at radius 3 is 2.36 bits per heavy atom. The van der Waals surface area contributed by atoms with Crippen molar-refractivity contribution in [2.45, 2.75) is 24.9 Å². The number of nitrogens with one attached hydrogen (secondary N) is 1. The summed E-state index contributed by atoms with van der Waals surface area (Å²) in [6.07, 6.45) is -3.19. The van der Waals surface area contributed by atoms with Crippen molar-refractivity contribution in [3.8, 4) is 5.69 Å². The quantitative estimate of drug-likeness (QED) is 0.635. The third-order valence-electron chi connectivity index (χ3n) is 5.79. The number of carbonyl (C=O) groups is 1. The Kier molecular flexibility index (Phi) is 6.37. The molecular formula is C23H24F3N5O2. The van der Waals surface area contributed by atoms with E-state index in [0.29, 0.717) is 31.8 Å². The molecule has 33 heavy (non-hydrogen) atoms. The Hall–Kier alpha value is -3.40. The van der Waals surface area contributed by atoms with Gasteiger partial charge in [-0.3, -0.25) is 9.69 Å². The number of hydrogen-bond acceptors (Lipinski definition) is 4. The smallest absolute Gasteiger partial charge is 0.324 e. The van der Waals surface area contributed by atoms with Gasteiger partial charge in [-0.25, -0.2) is 14.0 Å². The molecule has 1 aliphatic heterocycles. The van der Waals surface area contributed by atoms with Crippen molar-refractivity contribution in [1.82, 2.24) is 19.2 Å². The lowest BCUT2D eigenvalue weighted by Gasteiger charge is -2.31. The number of nitrogens with zero attached hydrogens (tertiary/aromatic N) is 4. The van der Waals surface area contributed by atoms with Crippen LogP contribution in [0.15, 0.2) is 59.4 Å². The summed E-state index contributed by atoms with van der Waals surface area (Å²) in [4.78, 5) is 27.0. The summed E-state index contributed by atoms with van der Waals surface area (Å²) in [5.41, 5.74) is -0.589. The summed E-state index contributed by atoms with van der Waals surface area (Å²) < 4.78 is 42.4. The van der Waals surface area contributed by atoms with E-state index in [2.05, 4.69) is 10.4 Å². The maximum Gasteiger partial charge on any atom is 0.418 e. The van der Waals surface area contributed by atoms with E-state index < -0.39 is 17.6 Å². The van der Waals surface area contributed by atoms with Gasteiger partial charge in [0.2, 0.25) is 5.91 Å². The third kappa shape index (κ3) is 5.00. The topological polar surface area (TPSA) is 72.2 Å². The van der Waals surface area contributed by atoms with Crippen molar-refractivity contribution in [2.24, 2.45) is 7.05 Å². The predicted molar refractivity (Wildman–Crippen MR) is 117 cm³/mol. The molecule has 174 valence electrons. The molecule has 7 nitrogen and oxygen atoms in total. The van der Waals surface area contributed by atoms with E-state index in [-0.39, 0.29) is 23.8 Å². The Bertz CT molecular complexity index is 1180. The van der Waals surface area contributed by atoms with Crippen LogP contribution in [0.4, 0.5) is 18.9 Å². The van der Waals surface area contributed by atoms with Crippen molar-refractivity contribution < 1.29 is 18.0 Å². The molecule has 1 amide bonds. The predicted octanol–water partition coefficient (Wildman–Crippen LogP) is 3.41.